The standard InChI is InChI=1S/C12H20F2N2O/c1-3-12(13,14)6-7-17-10-4-5-11(9(2)15)16-8-10/h4,9H,3,5-8,15H2,1-2H3. The molecule has 2 N–H and O–H groups in total. The van der Waals surface area contributed by atoms with Gasteiger partial charge in [-0.1, -0.05) is 6.92 Å². The van der Waals surface area contributed by atoms with Gasteiger partial charge in [-0.15, -0.1) is 0 Å². The molecule has 0 bridgehead atoms. The van der Waals surface area contributed by atoms with Crippen LogP contribution in [0.2, 0.25) is 0 Å². The highest BCUT2D eigenvalue weighted by molar-refractivity contribution is 5.91. The molecule has 1 heterocycles. The van der Waals surface area contributed by atoms with Gasteiger partial charge in [0.15, 0.2) is 0 Å². The Balaban J connectivity index is 2.28. The highest BCUT2D eigenvalue weighted by Crippen LogP contribution is 2.22. The third kappa shape index (κ3) is 4.81. The average Bonchev–Trinajstić information content (AvgIpc) is 2.29. The van der Waals surface area contributed by atoms with Crippen LogP contribution in [-0.2, 0) is 4.74 Å². The first kappa shape index (κ1) is 14.1. The molecule has 0 aromatic heterocycles. The van der Waals surface area contributed by atoms with Crippen molar-refractivity contribution in [2.75, 3.05) is 13.2 Å². The van der Waals surface area contributed by atoms with Gasteiger partial charge in [-0.25, -0.2) is 8.78 Å². The number of aliphatic imine (C=N–C) groups is 1. The molecule has 1 rings (SSSR count). The third-order valence-electron chi connectivity index (χ3n) is 2.78. The Morgan fingerprint density at radius 2 is 2.29 bits per heavy atom. The Morgan fingerprint density at radius 1 is 1.59 bits per heavy atom. The van der Waals surface area contributed by atoms with E-state index in [1.807, 2.05) is 13.0 Å². The highest BCUT2D eigenvalue weighted by atomic mass is 19.3. The van der Waals surface area contributed by atoms with Gasteiger partial charge in [-0.05, 0) is 13.0 Å². The summed E-state index contributed by atoms with van der Waals surface area (Å²) in [5, 5.41) is 0. The second kappa shape index (κ2) is 6.10. The summed E-state index contributed by atoms with van der Waals surface area (Å²) in [5.74, 6) is -1.96. The maximum absolute atomic E-state index is 12.9. The highest BCUT2D eigenvalue weighted by Gasteiger charge is 2.25. The van der Waals surface area contributed by atoms with Crippen LogP contribution in [0.15, 0.2) is 16.8 Å². The predicted molar refractivity (Wildman–Crippen MR) is 64.5 cm³/mol. The fraction of sp³-hybridized carbons (Fsp3) is 0.750. The first-order valence-corrected chi connectivity index (χ1v) is 5.93. The molecular weight excluding hydrogens is 226 g/mol. The van der Waals surface area contributed by atoms with Gasteiger partial charge in [-0.2, -0.15) is 0 Å². The second-order valence-corrected chi connectivity index (χ2v) is 4.28. The van der Waals surface area contributed by atoms with Gasteiger partial charge in [-0.3, -0.25) is 4.99 Å². The molecule has 1 unspecified atom stereocenters. The summed E-state index contributed by atoms with van der Waals surface area (Å²) < 4.78 is 31.1. The van der Waals surface area contributed by atoms with Gasteiger partial charge in [0.25, 0.3) is 5.92 Å². The Bertz CT molecular complexity index is 312. The fourth-order valence-electron chi connectivity index (χ4n) is 1.47. The summed E-state index contributed by atoms with van der Waals surface area (Å²) in [6.07, 6.45) is 2.13. The van der Waals surface area contributed by atoms with Crippen molar-refractivity contribution < 1.29 is 13.5 Å². The van der Waals surface area contributed by atoms with Crippen LogP contribution < -0.4 is 5.73 Å². The van der Waals surface area contributed by atoms with Gasteiger partial charge >= 0.3 is 0 Å². The summed E-state index contributed by atoms with van der Waals surface area (Å²) in [7, 11) is 0. The van der Waals surface area contributed by atoms with Crippen molar-refractivity contribution >= 4 is 5.71 Å². The summed E-state index contributed by atoms with van der Waals surface area (Å²) in [4.78, 5) is 4.26. The van der Waals surface area contributed by atoms with Crippen LogP contribution in [0.4, 0.5) is 8.78 Å². The molecule has 0 aliphatic carbocycles. The molecule has 5 heteroatoms. The van der Waals surface area contributed by atoms with Crippen molar-refractivity contribution in [3.63, 3.8) is 0 Å². The van der Waals surface area contributed by atoms with Crippen molar-refractivity contribution in [3.8, 4) is 0 Å². The molecular formula is C12H20F2N2O. The number of hydrogen-bond donors (Lipinski definition) is 1. The molecule has 1 atom stereocenters. The fourth-order valence-corrected chi connectivity index (χ4v) is 1.47. The Hall–Kier alpha value is -0.970. The number of alkyl halides is 2. The number of nitrogens with two attached hydrogens (primary N) is 1. The number of dihydropyridines is 1. The second-order valence-electron chi connectivity index (χ2n) is 4.28. The van der Waals surface area contributed by atoms with Crippen molar-refractivity contribution in [3.05, 3.63) is 11.8 Å². The molecule has 98 valence electrons. The first-order chi connectivity index (χ1) is 7.94. The monoisotopic (exact) mass is 246 g/mol. The van der Waals surface area contributed by atoms with Gasteiger partial charge in [0, 0.05) is 31.0 Å². The maximum Gasteiger partial charge on any atom is 0.251 e. The van der Waals surface area contributed by atoms with Crippen molar-refractivity contribution in [2.45, 2.75) is 45.1 Å². The Kier molecular flexibility index (Phi) is 5.05. The van der Waals surface area contributed by atoms with Crippen LogP contribution >= 0.6 is 0 Å². The van der Waals surface area contributed by atoms with E-state index < -0.39 is 5.92 Å². The van der Waals surface area contributed by atoms with Crippen LogP contribution in [0.25, 0.3) is 0 Å². The van der Waals surface area contributed by atoms with E-state index in [1.54, 1.807) is 0 Å². The minimum absolute atomic E-state index is 0.0374. The van der Waals surface area contributed by atoms with Crippen molar-refractivity contribution in [1.82, 2.24) is 0 Å². The number of allylic oxidation sites excluding steroid dienone is 1. The van der Waals surface area contributed by atoms with Gasteiger partial charge in [0.2, 0.25) is 0 Å². The van der Waals surface area contributed by atoms with E-state index >= 15 is 0 Å². The Morgan fingerprint density at radius 3 is 2.76 bits per heavy atom. The summed E-state index contributed by atoms with van der Waals surface area (Å²) >= 11 is 0. The molecule has 0 aromatic carbocycles. The number of rotatable bonds is 6. The van der Waals surface area contributed by atoms with Crippen LogP contribution in [0.5, 0.6) is 0 Å². The van der Waals surface area contributed by atoms with E-state index in [1.165, 1.54) is 6.92 Å². The number of nitrogens with zero attached hydrogens (tertiary/aromatic N) is 1. The number of ether oxygens (including phenoxy) is 1. The van der Waals surface area contributed by atoms with E-state index in [0.29, 0.717) is 18.7 Å². The van der Waals surface area contributed by atoms with E-state index in [4.69, 9.17) is 10.5 Å². The topological polar surface area (TPSA) is 47.6 Å². The van der Waals surface area contributed by atoms with E-state index in [-0.39, 0.29) is 25.5 Å². The number of halogens is 2. The molecule has 0 fully saturated rings. The zero-order valence-electron chi connectivity index (χ0n) is 10.4. The van der Waals surface area contributed by atoms with Crippen LogP contribution in [0, 0.1) is 0 Å². The largest absolute Gasteiger partial charge is 0.496 e. The minimum atomic E-state index is -2.63. The lowest BCUT2D eigenvalue weighted by atomic mass is 10.1. The molecule has 0 amide bonds. The van der Waals surface area contributed by atoms with Crippen molar-refractivity contribution in [1.29, 1.82) is 0 Å². The third-order valence-corrected chi connectivity index (χ3v) is 2.78. The maximum atomic E-state index is 12.9. The zero-order chi connectivity index (χ0) is 12.9. The normalized spacial score (nSPS) is 18.4. The first-order valence-electron chi connectivity index (χ1n) is 5.93. The lowest BCUT2D eigenvalue weighted by Gasteiger charge is -2.18. The predicted octanol–water partition coefficient (Wildman–Crippen LogP) is 2.51. The average molecular weight is 246 g/mol. The van der Waals surface area contributed by atoms with Gasteiger partial charge in [0.1, 0.15) is 5.76 Å². The van der Waals surface area contributed by atoms with Gasteiger partial charge in [0.05, 0.1) is 13.2 Å². The molecule has 3 nitrogen and oxygen atoms in total. The molecule has 0 aromatic rings. The summed E-state index contributed by atoms with van der Waals surface area (Å²) in [5.41, 5.74) is 6.61. The molecule has 1 aliphatic rings. The zero-order valence-corrected chi connectivity index (χ0v) is 10.4. The molecule has 1 aliphatic heterocycles. The van der Waals surface area contributed by atoms with E-state index in [2.05, 4.69) is 4.99 Å². The Labute approximate surface area is 101 Å². The van der Waals surface area contributed by atoms with Crippen LogP contribution in [-0.4, -0.2) is 30.8 Å². The molecule has 0 saturated carbocycles. The molecule has 17 heavy (non-hydrogen) atoms. The van der Waals surface area contributed by atoms with Crippen molar-refractivity contribution in [2.24, 2.45) is 10.7 Å². The molecule has 0 saturated heterocycles. The molecule has 0 radical (unpaired) electrons. The lowest BCUT2D eigenvalue weighted by molar-refractivity contribution is -0.0286. The van der Waals surface area contributed by atoms with Crippen LogP contribution in [0.1, 0.15) is 33.1 Å². The quantitative estimate of drug-likeness (QED) is 0.782. The van der Waals surface area contributed by atoms with Crippen LogP contribution in [0.3, 0.4) is 0 Å². The SMILES string of the molecule is CCC(F)(F)CCOC1=CCC(C(C)N)=NC1. The summed E-state index contributed by atoms with van der Waals surface area (Å²) in [6.45, 7) is 3.80. The lowest BCUT2D eigenvalue weighted by Crippen LogP contribution is -2.28. The van der Waals surface area contributed by atoms with Gasteiger partial charge < -0.3 is 10.5 Å². The smallest absolute Gasteiger partial charge is 0.251 e. The van der Waals surface area contributed by atoms with E-state index in [0.717, 1.165) is 5.71 Å². The summed E-state index contributed by atoms with van der Waals surface area (Å²) in [6, 6.07) is -0.0581. The minimum Gasteiger partial charge on any atom is -0.496 e. The van der Waals surface area contributed by atoms with E-state index in [9.17, 15) is 8.78 Å². The number of hydrogen-bond acceptors (Lipinski definition) is 3. The molecule has 0 spiro atoms.